The van der Waals surface area contributed by atoms with E-state index in [0.717, 1.165) is 0 Å². The molecule has 0 aliphatic carbocycles. The lowest BCUT2D eigenvalue weighted by atomic mass is 10.2. The van der Waals surface area contributed by atoms with Crippen molar-refractivity contribution >= 4 is 17.5 Å². The second-order valence-corrected chi connectivity index (χ2v) is 3.78. The van der Waals surface area contributed by atoms with Gasteiger partial charge < -0.3 is 16.8 Å². The van der Waals surface area contributed by atoms with Crippen LogP contribution in [0.4, 0.5) is 5.69 Å². The summed E-state index contributed by atoms with van der Waals surface area (Å²) in [4.78, 5) is 22.7. The predicted molar refractivity (Wildman–Crippen MR) is 63.1 cm³/mol. The van der Waals surface area contributed by atoms with Gasteiger partial charge in [0.1, 0.15) is 11.7 Å². The predicted octanol–water partition coefficient (Wildman–Crippen LogP) is -0.832. The van der Waals surface area contributed by atoms with Gasteiger partial charge in [0.15, 0.2) is 0 Å². The second-order valence-electron chi connectivity index (χ2n) is 3.78. The van der Waals surface area contributed by atoms with Crippen molar-refractivity contribution in [1.82, 2.24) is 15.1 Å². The highest BCUT2D eigenvalue weighted by atomic mass is 16.2. The summed E-state index contributed by atoms with van der Waals surface area (Å²) in [5.41, 5.74) is 12.1. The topological polar surface area (TPSA) is 116 Å². The SMILES string of the molecule is CCc1nn(C)c(C(=O)NC(C)C(N)=O)c1N. The molecule has 0 saturated heterocycles. The van der Waals surface area contributed by atoms with Gasteiger partial charge in [-0.25, -0.2) is 0 Å². The van der Waals surface area contributed by atoms with E-state index in [-0.39, 0.29) is 5.69 Å². The van der Waals surface area contributed by atoms with Crippen molar-refractivity contribution in [2.45, 2.75) is 26.3 Å². The van der Waals surface area contributed by atoms with Crippen molar-refractivity contribution < 1.29 is 9.59 Å². The largest absolute Gasteiger partial charge is 0.395 e. The van der Waals surface area contributed by atoms with Crippen molar-refractivity contribution in [3.8, 4) is 0 Å². The number of amides is 2. The molecule has 1 aromatic rings. The normalized spacial score (nSPS) is 12.2. The van der Waals surface area contributed by atoms with Crippen molar-refractivity contribution in [3.63, 3.8) is 0 Å². The molecule has 1 atom stereocenters. The summed E-state index contributed by atoms with van der Waals surface area (Å²) in [6.45, 7) is 3.40. The van der Waals surface area contributed by atoms with E-state index in [0.29, 0.717) is 17.8 Å². The zero-order valence-corrected chi connectivity index (χ0v) is 10.2. The smallest absolute Gasteiger partial charge is 0.272 e. The Bertz CT molecular complexity index is 452. The zero-order chi connectivity index (χ0) is 13.2. The first-order chi connectivity index (χ1) is 7.88. The number of anilines is 1. The number of aromatic nitrogens is 2. The number of nitrogen functional groups attached to an aromatic ring is 1. The third kappa shape index (κ3) is 2.55. The van der Waals surface area contributed by atoms with Gasteiger partial charge >= 0.3 is 0 Å². The fourth-order valence-corrected chi connectivity index (χ4v) is 1.46. The minimum Gasteiger partial charge on any atom is -0.395 e. The fourth-order valence-electron chi connectivity index (χ4n) is 1.46. The van der Waals surface area contributed by atoms with Crippen molar-refractivity contribution in [1.29, 1.82) is 0 Å². The molecule has 1 unspecified atom stereocenters. The molecule has 0 radical (unpaired) electrons. The highest BCUT2D eigenvalue weighted by Gasteiger charge is 2.21. The molecule has 0 fully saturated rings. The van der Waals surface area contributed by atoms with E-state index < -0.39 is 17.9 Å². The van der Waals surface area contributed by atoms with E-state index in [4.69, 9.17) is 11.5 Å². The standard InChI is InChI=1S/C10H17N5O2/c1-4-6-7(11)8(15(3)14-6)10(17)13-5(2)9(12)16/h5H,4,11H2,1-3H3,(H2,12,16)(H,13,17). The Morgan fingerprint density at radius 3 is 2.53 bits per heavy atom. The highest BCUT2D eigenvalue weighted by molar-refractivity contribution is 6.00. The van der Waals surface area contributed by atoms with Crippen LogP contribution in [0.1, 0.15) is 30.0 Å². The summed E-state index contributed by atoms with van der Waals surface area (Å²) < 4.78 is 1.40. The van der Waals surface area contributed by atoms with Crippen LogP contribution in [0.2, 0.25) is 0 Å². The van der Waals surface area contributed by atoms with E-state index in [1.54, 1.807) is 7.05 Å². The maximum Gasteiger partial charge on any atom is 0.272 e. The monoisotopic (exact) mass is 239 g/mol. The van der Waals surface area contributed by atoms with Crippen LogP contribution in [0, 0.1) is 0 Å². The molecule has 0 aromatic carbocycles. The van der Waals surface area contributed by atoms with Crippen LogP contribution in [0.3, 0.4) is 0 Å². The molecule has 0 aliphatic heterocycles. The van der Waals surface area contributed by atoms with Gasteiger partial charge in [-0.1, -0.05) is 6.92 Å². The molecule has 2 amide bonds. The molecule has 0 spiro atoms. The summed E-state index contributed by atoms with van der Waals surface area (Å²) in [5.74, 6) is -1.06. The Hall–Kier alpha value is -2.05. The Balaban J connectivity index is 2.97. The maximum absolute atomic E-state index is 11.9. The number of aryl methyl sites for hydroxylation is 2. The number of carbonyl (C=O) groups is 2. The van der Waals surface area contributed by atoms with Gasteiger partial charge in [-0.2, -0.15) is 5.10 Å². The third-order valence-electron chi connectivity index (χ3n) is 2.48. The van der Waals surface area contributed by atoms with Crippen LogP contribution < -0.4 is 16.8 Å². The molecule has 0 bridgehead atoms. The Kier molecular flexibility index (Phi) is 3.72. The maximum atomic E-state index is 11.9. The summed E-state index contributed by atoms with van der Waals surface area (Å²) in [6.07, 6.45) is 0.637. The number of rotatable bonds is 4. The highest BCUT2D eigenvalue weighted by Crippen LogP contribution is 2.16. The van der Waals surface area contributed by atoms with Crippen molar-refractivity contribution in [2.24, 2.45) is 12.8 Å². The lowest BCUT2D eigenvalue weighted by molar-refractivity contribution is -0.119. The van der Waals surface area contributed by atoms with Crippen LogP contribution in [0.15, 0.2) is 0 Å². The number of nitrogens with one attached hydrogen (secondary N) is 1. The van der Waals surface area contributed by atoms with Gasteiger partial charge in [-0.05, 0) is 13.3 Å². The summed E-state index contributed by atoms with van der Waals surface area (Å²) in [6, 6.07) is -0.748. The van der Waals surface area contributed by atoms with Crippen LogP contribution >= 0.6 is 0 Å². The molecular formula is C10H17N5O2. The fraction of sp³-hybridized carbons (Fsp3) is 0.500. The lowest BCUT2D eigenvalue weighted by Crippen LogP contribution is -2.42. The molecule has 1 aromatic heterocycles. The molecule has 17 heavy (non-hydrogen) atoms. The minimum atomic E-state index is -0.748. The minimum absolute atomic E-state index is 0.245. The number of carbonyl (C=O) groups excluding carboxylic acids is 2. The molecular weight excluding hydrogens is 222 g/mol. The first-order valence-corrected chi connectivity index (χ1v) is 5.30. The van der Waals surface area contributed by atoms with Crippen molar-refractivity contribution in [3.05, 3.63) is 11.4 Å². The summed E-state index contributed by atoms with van der Waals surface area (Å²) in [5, 5.41) is 6.58. The molecule has 0 aliphatic rings. The molecule has 7 heteroatoms. The number of nitrogens with two attached hydrogens (primary N) is 2. The average Bonchev–Trinajstić information content (AvgIpc) is 2.53. The van der Waals surface area contributed by atoms with Crippen molar-refractivity contribution in [2.75, 3.05) is 5.73 Å². The van der Waals surface area contributed by atoms with Gasteiger partial charge in [0, 0.05) is 7.05 Å². The molecule has 7 nitrogen and oxygen atoms in total. The van der Waals surface area contributed by atoms with Crippen LogP contribution in [0.25, 0.3) is 0 Å². The number of primary amides is 1. The zero-order valence-electron chi connectivity index (χ0n) is 10.2. The Morgan fingerprint density at radius 2 is 2.12 bits per heavy atom. The summed E-state index contributed by atoms with van der Waals surface area (Å²) >= 11 is 0. The molecule has 5 N–H and O–H groups in total. The van der Waals surface area contributed by atoms with E-state index >= 15 is 0 Å². The van der Waals surface area contributed by atoms with E-state index in [2.05, 4.69) is 10.4 Å². The molecule has 0 saturated carbocycles. The first kappa shape index (κ1) is 13.0. The number of hydrogen-bond acceptors (Lipinski definition) is 4. The van der Waals surface area contributed by atoms with Gasteiger partial charge in [-0.3, -0.25) is 14.3 Å². The number of nitrogens with zero attached hydrogens (tertiary/aromatic N) is 2. The second kappa shape index (κ2) is 4.86. The quantitative estimate of drug-likeness (QED) is 0.635. The lowest BCUT2D eigenvalue weighted by Gasteiger charge is -2.10. The van der Waals surface area contributed by atoms with Gasteiger partial charge in [0.2, 0.25) is 5.91 Å². The Labute approximate surface area is 99.1 Å². The van der Waals surface area contributed by atoms with Crippen LogP contribution in [-0.4, -0.2) is 27.6 Å². The van der Waals surface area contributed by atoms with E-state index in [9.17, 15) is 9.59 Å². The summed E-state index contributed by atoms with van der Waals surface area (Å²) in [7, 11) is 1.62. The van der Waals surface area contributed by atoms with E-state index in [1.807, 2.05) is 6.92 Å². The Morgan fingerprint density at radius 1 is 1.53 bits per heavy atom. The van der Waals surface area contributed by atoms with E-state index in [1.165, 1.54) is 11.6 Å². The van der Waals surface area contributed by atoms with Crippen LogP contribution in [-0.2, 0) is 18.3 Å². The van der Waals surface area contributed by atoms with Gasteiger partial charge in [0.05, 0.1) is 11.4 Å². The molecule has 1 heterocycles. The molecule has 1 rings (SSSR count). The van der Waals surface area contributed by atoms with Crippen LogP contribution in [0.5, 0.6) is 0 Å². The number of hydrogen-bond donors (Lipinski definition) is 3. The van der Waals surface area contributed by atoms with Gasteiger partial charge in [0.25, 0.3) is 5.91 Å². The van der Waals surface area contributed by atoms with Gasteiger partial charge in [-0.15, -0.1) is 0 Å². The molecule has 94 valence electrons. The average molecular weight is 239 g/mol. The third-order valence-corrected chi connectivity index (χ3v) is 2.48. The first-order valence-electron chi connectivity index (χ1n) is 5.30.